The van der Waals surface area contributed by atoms with Crippen molar-refractivity contribution in [2.75, 3.05) is 26.9 Å². The third kappa shape index (κ3) is 5.53. The predicted octanol–water partition coefficient (Wildman–Crippen LogP) is 4.46. The largest absolute Gasteiger partial charge is 0.496 e. The Bertz CT molecular complexity index is 966. The van der Waals surface area contributed by atoms with Gasteiger partial charge in [0.2, 0.25) is 0 Å². The van der Waals surface area contributed by atoms with Crippen molar-refractivity contribution in [3.05, 3.63) is 90.2 Å². The van der Waals surface area contributed by atoms with Crippen LogP contribution in [0.3, 0.4) is 0 Å². The zero-order valence-electron chi connectivity index (χ0n) is 19.8. The standard InChI is InChI=1S/C27H33FO4Si/c1-27(2,3)33(22-11-7-5-8-12-22,23-13-9-6-10-14-23)32-18-17-31-26(20-29)24-19-21(28)15-16-25(24)30-4/h5-16,19,26,29H,17-18,20H2,1-4H3. The number of benzene rings is 3. The summed E-state index contributed by atoms with van der Waals surface area (Å²) >= 11 is 0. The lowest BCUT2D eigenvalue weighted by Crippen LogP contribution is -2.66. The van der Waals surface area contributed by atoms with Crippen LogP contribution in [0, 0.1) is 5.82 Å². The van der Waals surface area contributed by atoms with Gasteiger partial charge in [-0.25, -0.2) is 4.39 Å². The minimum absolute atomic E-state index is 0.141. The Morgan fingerprint density at radius 2 is 1.45 bits per heavy atom. The highest BCUT2D eigenvalue weighted by atomic mass is 28.4. The molecule has 0 radical (unpaired) electrons. The first-order valence-electron chi connectivity index (χ1n) is 11.1. The molecule has 0 fully saturated rings. The Hall–Kier alpha value is -2.51. The van der Waals surface area contributed by atoms with Crippen LogP contribution in [0.1, 0.15) is 32.4 Å². The van der Waals surface area contributed by atoms with Crippen molar-refractivity contribution in [1.82, 2.24) is 0 Å². The van der Waals surface area contributed by atoms with E-state index in [1.54, 1.807) is 0 Å². The first-order valence-corrected chi connectivity index (χ1v) is 13.0. The summed E-state index contributed by atoms with van der Waals surface area (Å²) in [4.78, 5) is 0. The highest BCUT2D eigenvalue weighted by molar-refractivity contribution is 6.99. The zero-order chi connectivity index (χ0) is 23.9. The van der Waals surface area contributed by atoms with E-state index in [0.29, 0.717) is 17.9 Å². The van der Waals surface area contributed by atoms with Gasteiger partial charge in [0.25, 0.3) is 8.32 Å². The van der Waals surface area contributed by atoms with E-state index in [4.69, 9.17) is 13.9 Å². The van der Waals surface area contributed by atoms with Gasteiger partial charge >= 0.3 is 0 Å². The van der Waals surface area contributed by atoms with Gasteiger partial charge < -0.3 is 19.0 Å². The van der Waals surface area contributed by atoms with Crippen molar-refractivity contribution < 1.29 is 23.4 Å². The zero-order valence-corrected chi connectivity index (χ0v) is 20.8. The number of methoxy groups -OCH3 is 1. The van der Waals surface area contributed by atoms with Crippen molar-refractivity contribution in [3.63, 3.8) is 0 Å². The Labute approximate surface area is 197 Å². The molecule has 1 N–H and O–H groups in total. The monoisotopic (exact) mass is 468 g/mol. The number of hydrogen-bond acceptors (Lipinski definition) is 4. The van der Waals surface area contributed by atoms with Gasteiger partial charge in [0, 0.05) is 5.56 Å². The van der Waals surface area contributed by atoms with Gasteiger partial charge in [-0.15, -0.1) is 0 Å². The molecule has 0 saturated heterocycles. The van der Waals surface area contributed by atoms with Crippen molar-refractivity contribution in [1.29, 1.82) is 0 Å². The molecule has 3 aromatic rings. The lowest BCUT2D eigenvalue weighted by atomic mass is 10.1. The first-order chi connectivity index (χ1) is 15.8. The molecule has 0 amide bonds. The van der Waals surface area contributed by atoms with E-state index in [9.17, 15) is 9.50 Å². The average molecular weight is 469 g/mol. The topological polar surface area (TPSA) is 47.9 Å². The van der Waals surface area contributed by atoms with Crippen LogP contribution in [0.15, 0.2) is 78.9 Å². The molecule has 3 aromatic carbocycles. The van der Waals surface area contributed by atoms with Gasteiger partial charge in [-0.3, -0.25) is 0 Å². The average Bonchev–Trinajstić information content (AvgIpc) is 2.82. The summed E-state index contributed by atoms with van der Waals surface area (Å²) in [5, 5.41) is 12.1. The lowest BCUT2D eigenvalue weighted by Gasteiger charge is -2.43. The quantitative estimate of drug-likeness (QED) is 0.353. The molecule has 0 aromatic heterocycles. The van der Waals surface area contributed by atoms with Gasteiger partial charge in [0.15, 0.2) is 0 Å². The SMILES string of the molecule is COc1ccc(F)cc1C(CO)OCCO[Si](c1ccccc1)(c1ccccc1)C(C)(C)C. The molecule has 0 heterocycles. The van der Waals surface area contributed by atoms with E-state index in [1.807, 2.05) is 36.4 Å². The van der Waals surface area contributed by atoms with E-state index in [1.165, 1.54) is 35.7 Å². The van der Waals surface area contributed by atoms with Crippen LogP contribution < -0.4 is 15.1 Å². The third-order valence-electron chi connectivity index (χ3n) is 5.84. The van der Waals surface area contributed by atoms with Gasteiger partial charge in [-0.2, -0.15) is 0 Å². The van der Waals surface area contributed by atoms with Crippen molar-refractivity contribution >= 4 is 18.7 Å². The van der Waals surface area contributed by atoms with Crippen LogP contribution in [0.4, 0.5) is 4.39 Å². The molecule has 0 bridgehead atoms. The van der Waals surface area contributed by atoms with Crippen molar-refractivity contribution in [2.24, 2.45) is 0 Å². The van der Waals surface area contributed by atoms with E-state index >= 15 is 0 Å². The molecule has 176 valence electrons. The van der Waals surface area contributed by atoms with Crippen molar-refractivity contribution in [2.45, 2.75) is 31.9 Å². The van der Waals surface area contributed by atoms with Crippen LogP contribution in [-0.2, 0) is 9.16 Å². The number of hydrogen-bond donors (Lipinski definition) is 1. The molecular weight excluding hydrogens is 435 g/mol. The molecule has 0 aliphatic heterocycles. The van der Waals surface area contributed by atoms with Gasteiger partial charge in [-0.05, 0) is 33.6 Å². The summed E-state index contributed by atoms with van der Waals surface area (Å²) in [5.74, 6) is 0.0692. The fraction of sp³-hybridized carbons (Fsp3) is 0.333. The van der Waals surface area contributed by atoms with Crippen LogP contribution in [0.2, 0.25) is 5.04 Å². The van der Waals surface area contributed by atoms with E-state index in [0.717, 1.165) is 0 Å². The second-order valence-electron chi connectivity index (χ2n) is 8.94. The summed E-state index contributed by atoms with van der Waals surface area (Å²) in [5.41, 5.74) is 0.477. The number of aliphatic hydroxyl groups excluding tert-OH is 1. The number of ether oxygens (including phenoxy) is 2. The van der Waals surface area contributed by atoms with Crippen LogP contribution >= 0.6 is 0 Å². The van der Waals surface area contributed by atoms with Crippen LogP contribution in [0.25, 0.3) is 0 Å². The summed E-state index contributed by atoms with van der Waals surface area (Å²) in [7, 11) is -1.15. The van der Waals surface area contributed by atoms with Gasteiger partial charge in [-0.1, -0.05) is 81.4 Å². The maximum atomic E-state index is 13.8. The van der Waals surface area contributed by atoms with Crippen LogP contribution in [0.5, 0.6) is 5.75 Å². The molecular formula is C27H33FO4Si. The number of rotatable bonds is 10. The second-order valence-corrected chi connectivity index (χ2v) is 13.2. The normalized spacial score (nSPS) is 13.0. The summed E-state index contributed by atoms with van der Waals surface area (Å²) in [6, 6.07) is 25.0. The second kappa shape index (κ2) is 11.1. The minimum Gasteiger partial charge on any atom is -0.496 e. The molecule has 1 unspecified atom stereocenters. The van der Waals surface area contributed by atoms with Gasteiger partial charge in [0.05, 0.1) is 26.9 Å². The predicted molar refractivity (Wildman–Crippen MR) is 132 cm³/mol. The van der Waals surface area contributed by atoms with Gasteiger partial charge in [0.1, 0.15) is 17.7 Å². The number of aliphatic hydroxyl groups is 1. The molecule has 4 nitrogen and oxygen atoms in total. The lowest BCUT2D eigenvalue weighted by molar-refractivity contribution is -0.00375. The Kier molecular flexibility index (Phi) is 8.43. The van der Waals surface area contributed by atoms with E-state index in [2.05, 4.69) is 45.0 Å². The first kappa shape index (κ1) is 25.1. The summed E-state index contributed by atoms with van der Waals surface area (Å²) in [6.45, 7) is 6.94. The highest BCUT2D eigenvalue weighted by Gasteiger charge is 2.50. The fourth-order valence-electron chi connectivity index (χ4n) is 4.34. The molecule has 33 heavy (non-hydrogen) atoms. The Morgan fingerprint density at radius 1 is 0.879 bits per heavy atom. The van der Waals surface area contributed by atoms with E-state index in [-0.39, 0.29) is 18.3 Å². The minimum atomic E-state index is -2.66. The maximum absolute atomic E-state index is 13.8. The summed E-state index contributed by atoms with van der Waals surface area (Å²) in [6.07, 6.45) is -0.710. The Morgan fingerprint density at radius 3 is 1.94 bits per heavy atom. The molecule has 3 rings (SSSR count). The molecule has 0 spiro atoms. The molecule has 1 atom stereocenters. The summed E-state index contributed by atoms with van der Waals surface area (Å²) < 4.78 is 31.9. The fourth-order valence-corrected chi connectivity index (χ4v) is 8.89. The molecule has 0 aliphatic rings. The number of halogens is 1. The smallest absolute Gasteiger partial charge is 0.261 e. The molecule has 0 aliphatic carbocycles. The highest BCUT2D eigenvalue weighted by Crippen LogP contribution is 2.37. The van der Waals surface area contributed by atoms with Crippen molar-refractivity contribution in [3.8, 4) is 5.75 Å². The van der Waals surface area contributed by atoms with Crippen LogP contribution in [-0.4, -0.2) is 40.4 Å². The maximum Gasteiger partial charge on any atom is 0.261 e. The third-order valence-corrected chi connectivity index (χ3v) is 10.9. The molecule has 0 saturated carbocycles. The Balaban J connectivity index is 1.84. The molecule has 6 heteroatoms. The van der Waals surface area contributed by atoms with E-state index < -0.39 is 20.2 Å².